The number of benzene rings is 2. The number of carbonyl (C=O) groups is 2. The van der Waals surface area contributed by atoms with Crippen LogP contribution in [0.2, 0.25) is 0 Å². The van der Waals surface area contributed by atoms with Gasteiger partial charge in [0, 0.05) is 18.2 Å². The van der Waals surface area contributed by atoms with Gasteiger partial charge in [0.05, 0.1) is 5.71 Å². The van der Waals surface area contributed by atoms with Crippen molar-refractivity contribution in [3.05, 3.63) is 65.7 Å². The zero-order valence-electron chi connectivity index (χ0n) is 13.2. The molecule has 2 aromatic rings. The third-order valence-corrected chi connectivity index (χ3v) is 3.20. The van der Waals surface area contributed by atoms with E-state index in [1.54, 1.807) is 24.3 Å². The fraction of sp³-hybridized carbons (Fsp3) is 0.167. The van der Waals surface area contributed by atoms with Crippen LogP contribution in [0.3, 0.4) is 0 Å². The highest BCUT2D eigenvalue weighted by molar-refractivity contribution is 6.02. The maximum absolute atomic E-state index is 12.1. The van der Waals surface area contributed by atoms with Crippen LogP contribution in [0, 0.1) is 0 Å². The number of amides is 2. The van der Waals surface area contributed by atoms with E-state index in [1.807, 2.05) is 37.3 Å². The second-order valence-corrected chi connectivity index (χ2v) is 4.98. The number of hydrazone groups is 1. The molecule has 2 amide bonds. The molecule has 2 aromatic carbocycles. The summed E-state index contributed by atoms with van der Waals surface area (Å²) in [7, 11) is 0. The molecule has 2 N–H and O–H groups in total. The van der Waals surface area contributed by atoms with Gasteiger partial charge in [-0.3, -0.25) is 9.59 Å². The lowest BCUT2D eigenvalue weighted by molar-refractivity contribution is -0.114. The van der Waals surface area contributed by atoms with Gasteiger partial charge in [0.15, 0.2) is 0 Å². The normalized spacial score (nSPS) is 11.0. The Morgan fingerprint density at radius 2 is 1.61 bits per heavy atom. The Morgan fingerprint density at radius 3 is 2.17 bits per heavy atom. The molecule has 23 heavy (non-hydrogen) atoms. The summed E-state index contributed by atoms with van der Waals surface area (Å²) in [5.41, 5.74) is 5.49. The first-order valence-electron chi connectivity index (χ1n) is 7.40. The van der Waals surface area contributed by atoms with E-state index < -0.39 is 0 Å². The molecule has 0 aromatic heterocycles. The van der Waals surface area contributed by atoms with Crippen LogP contribution in [0.5, 0.6) is 0 Å². The van der Waals surface area contributed by atoms with Gasteiger partial charge >= 0.3 is 0 Å². The number of hydrogen-bond acceptors (Lipinski definition) is 3. The molecule has 0 bridgehead atoms. The van der Waals surface area contributed by atoms with Gasteiger partial charge in [0.25, 0.3) is 5.91 Å². The van der Waals surface area contributed by atoms with Gasteiger partial charge in [-0.25, -0.2) is 5.43 Å². The average molecular weight is 309 g/mol. The SMILES string of the molecule is CC/C(=N/NC(=O)c1ccc(NC(C)=O)cc1)c1ccccc1. The Hall–Kier alpha value is -2.95. The van der Waals surface area contributed by atoms with Crippen LogP contribution >= 0.6 is 0 Å². The quantitative estimate of drug-likeness (QED) is 0.658. The third kappa shape index (κ3) is 4.78. The topological polar surface area (TPSA) is 70.6 Å². The lowest BCUT2D eigenvalue weighted by Crippen LogP contribution is -2.20. The predicted molar refractivity (Wildman–Crippen MR) is 91.5 cm³/mol. The Labute approximate surface area is 135 Å². The molecular formula is C18H19N3O2. The van der Waals surface area contributed by atoms with Gasteiger partial charge in [0.2, 0.25) is 5.91 Å². The maximum atomic E-state index is 12.1. The van der Waals surface area contributed by atoms with Crippen molar-refractivity contribution in [1.82, 2.24) is 5.43 Å². The lowest BCUT2D eigenvalue weighted by atomic mass is 10.1. The van der Waals surface area contributed by atoms with Gasteiger partial charge in [-0.1, -0.05) is 37.3 Å². The molecule has 0 atom stereocenters. The van der Waals surface area contributed by atoms with Crippen LogP contribution in [0.15, 0.2) is 59.7 Å². The maximum Gasteiger partial charge on any atom is 0.271 e. The van der Waals surface area contributed by atoms with E-state index in [-0.39, 0.29) is 11.8 Å². The van der Waals surface area contributed by atoms with E-state index in [4.69, 9.17) is 0 Å². The smallest absolute Gasteiger partial charge is 0.271 e. The van der Waals surface area contributed by atoms with Crippen molar-refractivity contribution in [2.45, 2.75) is 20.3 Å². The van der Waals surface area contributed by atoms with Gasteiger partial charge in [0.1, 0.15) is 0 Å². The highest BCUT2D eigenvalue weighted by Crippen LogP contribution is 2.10. The summed E-state index contributed by atoms with van der Waals surface area (Å²) < 4.78 is 0. The molecule has 0 spiro atoms. The Kier molecular flexibility index (Phi) is 5.63. The number of hydrogen-bond donors (Lipinski definition) is 2. The molecule has 5 nitrogen and oxygen atoms in total. The van der Waals surface area contributed by atoms with Crippen molar-refractivity contribution in [3.8, 4) is 0 Å². The van der Waals surface area contributed by atoms with Crippen molar-refractivity contribution < 1.29 is 9.59 Å². The number of rotatable bonds is 5. The standard InChI is InChI=1S/C18H19N3O2/c1-3-17(14-7-5-4-6-8-14)20-21-18(23)15-9-11-16(12-10-15)19-13(2)22/h4-12H,3H2,1-2H3,(H,19,22)(H,21,23)/b20-17-. The van der Waals surface area contributed by atoms with E-state index in [0.29, 0.717) is 17.7 Å². The van der Waals surface area contributed by atoms with Crippen LogP contribution in [0.4, 0.5) is 5.69 Å². The van der Waals surface area contributed by atoms with Crippen molar-refractivity contribution in [1.29, 1.82) is 0 Å². The first kappa shape index (κ1) is 16.4. The molecule has 0 fully saturated rings. The molecule has 5 heteroatoms. The molecule has 0 aliphatic rings. The van der Waals surface area contributed by atoms with Crippen LogP contribution < -0.4 is 10.7 Å². The fourth-order valence-electron chi connectivity index (χ4n) is 2.07. The summed E-state index contributed by atoms with van der Waals surface area (Å²) in [6.07, 6.45) is 0.714. The molecule has 0 aliphatic heterocycles. The van der Waals surface area contributed by atoms with E-state index in [0.717, 1.165) is 11.3 Å². The summed E-state index contributed by atoms with van der Waals surface area (Å²) in [6, 6.07) is 16.4. The summed E-state index contributed by atoms with van der Waals surface area (Å²) in [5.74, 6) is -0.441. The van der Waals surface area contributed by atoms with Gasteiger partial charge in [-0.2, -0.15) is 5.10 Å². The van der Waals surface area contributed by atoms with Crippen LogP contribution in [-0.4, -0.2) is 17.5 Å². The minimum absolute atomic E-state index is 0.151. The Bertz CT molecular complexity index is 707. The first-order chi connectivity index (χ1) is 11.1. The summed E-state index contributed by atoms with van der Waals surface area (Å²) in [6.45, 7) is 3.42. The third-order valence-electron chi connectivity index (χ3n) is 3.20. The minimum Gasteiger partial charge on any atom is -0.326 e. The number of nitrogens with one attached hydrogen (secondary N) is 2. The fourth-order valence-corrected chi connectivity index (χ4v) is 2.07. The van der Waals surface area contributed by atoms with E-state index >= 15 is 0 Å². The average Bonchev–Trinajstić information content (AvgIpc) is 2.56. The highest BCUT2D eigenvalue weighted by atomic mass is 16.2. The molecule has 0 heterocycles. The Morgan fingerprint density at radius 1 is 0.957 bits per heavy atom. The monoisotopic (exact) mass is 309 g/mol. The summed E-state index contributed by atoms with van der Waals surface area (Å²) in [4.78, 5) is 23.1. The summed E-state index contributed by atoms with van der Waals surface area (Å²) >= 11 is 0. The van der Waals surface area contributed by atoms with Crippen molar-refractivity contribution in [2.24, 2.45) is 5.10 Å². The molecule has 0 aliphatic carbocycles. The first-order valence-corrected chi connectivity index (χ1v) is 7.40. The van der Waals surface area contributed by atoms with Crippen LogP contribution in [0.1, 0.15) is 36.2 Å². The molecule has 2 rings (SSSR count). The molecule has 0 radical (unpaired) electrons. The largest absolute Gasteiger partial charge is 0.326 e. The zero-order chi connectivity index (χ0) is 16.7. The van der Waals surface area contributed by atoms with Crippen molar-refractivity contribution in [3.63, 3.8) is 0 Å². The molecule has 0 saturated heterocycles. The van der Waals surface area contributed by atoms with Gasteiger partial charge in [-0.05, 0) is 36.2 Å². The minimum atomic E-state index is -0.291. The number of nitrogens with zero attached hydrogens (tertiary/aromatic N) is 1. The van der Waals surface area contributed by atoms with E-state index in [2.05, 4.69) is 15.8 Å². The molecule has 0 unspecified atom stereocenters. The Balaban J connectivity index is 2.06. The van der Waals surface area contributed by atoms with Gasteiger partial charge < -0.3 is 5.32 Å². The molecule has 118 valence electrons. The van der Waals surface area contributed by atoms with Gasteiger partial charge in [-0.15, -0.1) is 0 Å². The number of anilines is 1. The van der Waals surface area contributed by atoms with E-state index in [9.17, 15) is 9.59 Å². The second-order valence-electron chi connectivity index (χ2n) is 4.98. The number of carbonyl (C=O) groups excluding carboxylic acids is 2. The zero-order valence-corrected chi connectivity index (χ0v) is 13.2. The predicted octanol–water partition coefficient (Wildman–Crippen LogP) is 3.19. The van der Waals surface area contributed by atoms with Crippen molar-refractivity contribution in [2.75, 3.05) is 5.32 Å². The summed E-state index contributed by atoms with van der Waals surface area (Å²) in [5, 5.41) is 6.86. The lowest BCUT2D eigenvalue weighted by Gasteiger charge is -2.06. The second kappa shape index (κ2) is 7.89. The van der Waals surface area contributed by atoms with Crippen molar-refractivity contribution >= 4 is 23.2 Å². The molecular weight excluding hydrogens is 290 g/mol. The van der Waals surface area contributed by atoms with E-state index in [1.165, 1.54) is 6.92 Å². The van der Waals surface area contributed by atoms with Crippen LogP contribution in [0.25, 0.3) is 0 Å². The van der Waals surface area contributed by atoms with Crippen LogP contribution in [-0.2, 0) is 4.79 Å². The molecule has 0 saturated carbocycles. The highest BCUT2D eigenvalue weighted by Gasteiger charge is 2.06.